The van der Waals surface area contributed by atoms with E-state index in [1.54, 1.807) is 30.3 Å². The van der Waals surface area contributed by atoms with E-state index < -0.39 is 46.2 Å². The number of fused-ring (bicyclic) bond motifs is 1. The number of benzene rings is 3. The fourth-order valence-corrected chi connectivity index (χ4v) is 2.83. The zero-order chi connectivity index (χ0) is 22.7. The highest BCUT2D eigenvalue weighted by molar-refractivity contribution is 6.24. The van der Waals surface area contributed by atoms with Crippen LogP contribution in [0.15, 0.2) is 54.2 Å². The van der Waals surface area contributed by atoms with Crippen molar-refractivity contribution in [2.75, 3.05) is 11.9 Å². The van der Waals surface area contributed by atoms with Gasteiger partial charge in [0.25, 0.3) is 0 Å². The maximum Gasteiger partial charge on any atom is 0.343 e. The highest BCUT2D eigenvalue weighted by atomic mass is 19.2. The SMILES string of the molecule is CCOC(=O)C(=CNc1ccc2ccccc2c1O)C(=O)c1cc(F)c(F)c(F)c1F. The number of hydrogen-bond acceptors (Lipinski definition) is 5. The van der Waals surface area contributed by atoms with Crippen LogP contribution in [0, 0.1) is 23.3 Å². The molecule has 3 aromatic carbocycles. The van der Waals surface area contributed by atoms with Crippen LogP contribution < -0.4 is 5.32 Å². The predicted octanol–water partition coefficient (Wildman–Crippen LogP) is 4.84. The summed E-state index contributed by atoms with van der Waals surface area (Å²) in [5.41, 5.74) is -1.93. The summed E-state index contributed by atoms with van der Waals surface area (Å²) in [6.45, 7) is 1.29. The number of halogens is 4. The number of Topliss-reactive ketones (excluding diaryl/α,β-unsaturated/α-hetero) is 1. The van der Waals surface area contributed by atoms with E-state index in [1.807, 2.05) is 0 Å². The normalized spacial score (nSPS) is 11.5. The number of nitrogens with one attached hydrogen (secondary N) is 1. The maximum absolute atomic E-state index is 14.1. The van der Waals surface area contributed by atoms with Crippen LogP contribution in [0.4, 0.5) is 23.2 Å². The predicted molar refractivity (Wildman–Crippen MR) is 105 cm³/mol. The molecule has 0 aliphatic carbocycles. The van der Waals surface area contributed by atoms with Crippen molar-refractivity contribution in [3.05, 3.63) is 83.1 Å². The number of esters is 1. The monoisotopic (exact) mass is 433 g/mol. The molecule has 0 saturated heterocycles. The third kappa shape index (κ3) is 4.20. The lowest BCUT2D eigenvalue weighted by Gasteiger charge is -2.11. The Morgan fingerprint density at radius 1 is 1.03 bits per heavy atom. The Kier molecular flexibility index (Phi) is 6.24. The van der Waals surface area contributed by atoms with Crippen molar-refractivity contribution >= 4 is 28.2 Å². The fraction of sp³-hybridized carbons (Fsp3) is 0.0909. The lowest BCUT2D eigenvalue weighted by molar-refractivity contribution is -0.138. The lowest BCUT2D eigenvalue weighted by atomic mass is 10.0. The summed E-state index contributed by atoms with van der Waals surface area (Å²) in [4.78, 5) is 24.9. The number of phenolic OH excluding ortho intramolecular Hbond substituents is 1. The Bertz CT molecular complexity index is 1220. The van der Waals surface area contributed by atoms with Crippen molar-refractivity contribution in [2.24, 2.45) is 0 Å². The van der Waals surface area contributed by atoms with Crippen LogP contribution in [0.2, 0.25) is 0 Å². The van der Waals surface area contributed by atoms with Gasteiger partial charge in [-0.3, -0.25) is 4.79 Å². The Hall–Kier alpha value is -3.88. The van der Waals surface area contributed by atoms with E-state index in [2.05, 4.69) is 5.32 Å². The first-order valence-corrected chi connectivity index (χ1v) is 8.98. The van der Waals surface area contributed by atoms with Gasteiger partial charge in [-0.2, -0.15) is 0 Å². The third-order valence-electron chi connectivity index (χ3n) is 4.36. The molecular weight excluding hydrogens is 418 g/mol. The number of phenols is 1. The summed E-state index contributed by atoms with van der Waals surface area (Å²) >= 11 is 0. The van der Waals surface area contributed by atoms with Crippen molar-refractivity contribution < 1.29 is 37.0 Å². The molecule has 9 heteroatoms. The number of ether oxygens (including phenoxy) is 1. The Labute approximate surface area is 173 Å². The molecule has 0 atom stereocenters. The smallest absolute Gasteiger partial charge is 0.343 e. The summed E-state index contributed by atoms with van der Waals surface area (Å²) in [6.07, 6.45) is 0.808. The Morgan fingerprint density at radius 3 is 2.45 bits per heavy atom. The molecule has 0 spiro atoms. The molecule has 2 N–H and O–H groups in total. The average Bonchev–Trinajstić information content (AvgIpc) is 2.76. The lowest BCUT2D eigenvalue weighted by Crippen LogP contribution is -2.19. The van der Waals surface area contributed by atoms with Crippen molar-refractivity contribution in [3.63, 3.8) is 0 Å². The molecule has 3 aromatic rings. The van der Waals surface area contributed by atoms with E-state index in [1.165, 1.54) is 13.0 Å². The van der Waals surface area contributed by atoms with Crippen LogP contribution in [0.5, 0.6) is 5.75 Å². The van der Waals surface area contributed by atoms with Gasteiger partial charge in [0.05, 0.1) is 17.9 Å². The van der Waals surface area contributed by atoms with E-state index in [0.29, 0.717) is 5.39 Å². The van der Waals surface area contributed by atoms with E-state index >= 15 is 0 Å². The van der Waals surface area contributed by atoms with E-state index in [9.17, 15) is 32.3 Å². The summed E-state index contributed by atoms with van der Waals surface area (Å²) in [5, 5.41) is 14.1. The zero-order valence-corrected chi connectivity index (χ0v) is 16.0. The minimum atomic E-state index is -2.19. The van der Waals surface area contributed by atoms with E-state index in [-0.39, 0.29) is 24.1 Å². The second-order valence-corrected chi connectivity index (χ2v) is 6.28. The Morgan fingerprint density at radius 2 is 1.74 bits per heavy atom. The quantitative estimate of drug-likeness (QED) is 0.0670. The van der Waals surface area contributed by atoms with Crippen molar-refractivity contribution in [1.82, 2.24) is 0 Å². The van der Waals surface area contributed by atoms with Gasteiger partial charge in [0.15, 0.2) is 23.3 Å². The molecule has 0 aliphatic rings. The standard InChI is InChI=1S/C22H15F4NO4/c1-2-31-22(30)14(20(28)13-9-15(23)18(25)19(26)17(13)24)10-27-16-8-7-11-5-3-4-6-12(11)21(16)29/h3-10,27,29H,2H2,1H3. The molecule has 0 fully saturated rings. The van der Waals surface area contributed by atoms with E-state index in [4.69, 9.17) is 4.74 Å². The van der Waals surface area contributed by atoms with Crippen LogP contribution in [-0.2, 0) is 9.53 Å². The molecule has 0 heterocycles. The summed E-state index contributed by atoms with van der Waals surface area (Å²) in [7, 11) is 0. The molecule has 0 amide bonds. The van der Waals surface area contributed by atoms with Crippen molar-refractivity contribution in [2.45, 2.75) is 6.92 Å². The number of carbonyl (C=O) groups is 2. The van der Waals surface area contributed by atoms with Gasteiger partial charge in [0.1, 0.15) is 11.3 Å². The fourth-order valence-electron chi connectivity index (χ4n) is 2.83. The molecule has 0 aromatic heterocycles. The number of ketones is 1. The summed E-state index contributed by atoms with van der Waals surface area (Å²) in [6, 6.07) is 10.1. The van der Waals surface area contributed by atoms with Gasteiger partial charge >= 0.3 is 5.97 Å². The van der Waals surface area contributed by atoms with Gasteiger partial charge in [0, 0.05) is 11.6 Å². The van der Waals surface area contributed by atoms with Crippen LogP contribution in [0.25, 0.3) is 10.8 Å². The summed E-state index contributed by atoms with van der Waals surface area (Å²) in [5.74, 6) is -10.9. The molecule has 3 rings (SSSR count). The number of aromatic hydroxyl groups is 1. The molecular formula is C22H15F4NO4. The van der Waals surface area contributed by atoms with E-state index in [0.717, 1.165) is 11.6 Å². The topological polar surface area (TPSA) is 75.6 Å². The average molecular weight is 433 g/mol. The number of hydrogen-bond donors (Lipinski definition) is 2. The van der Waals surface area contributed by atoms with Gasteiger partial charge in [-0.1, -0.05) is 30.3 Å². The third-order valence-corrected chi connectivity index (χ3v) is 4.36. The molecule has 0 unspecified atom stereocenters. The molecule has 0 aliphatic heterocycles. The largest absolute Gasteiger partial charge is 0.505 e. The minimum absolute atomic E-state index is 0.0882. The van der Waals surface area contributed by atoms with Gasteiger partial charge in [0.2, 0.25) is 5.78 Å². The molecule has 0 bridgehead atoms. The van der Waals surface area contributed by atoms with Crippen LogP contribution in [0.3, 0.4) is 0 Å². The molecule has 0 radical (unpaired) electrons. The number of carbonyl (C=O) groups excluding carboxylic acids is 2. The van der Waals surface area contributed by atoms with Crippen molar-refractivity contribution in [1.29, 1.82) is 0 Å². The van der Waals surface area contributed by atoms with Gasteiger partial charge in [-0.05, 0) is 24.4 Å². The first-order chi connectivity index (χ1) is 14.8. The summed E-state index contributed by atoms with van der Waals surface area (Å²) < 4.78 is 59.1. The number of anilines is 1. The molecule has 5 nitrogen and oxygen atoms in total. The minimum Gasteiger partial charge on any atom is -0.505 e. The second-order valence-electron chi connectivity index (χ2n) is 6.28. The first-order valence-electron chi connectivity index (χ1n) is 8.98. The zero-order valence-electron chi connectivity index (χ0n) is 16.0. The molecule has 0 saturated carbocycles. The maximum atomic E-state index is 14.1. The van der Waals surface area contributed by atoms with Crippen LogP contribution in [-0.4, -0.2) is 23.5 Å². The first kappa shape index (κ1) is 21.8. The highest BCUT2D eigenvalue weighted by Gasteiger charge is 2.28. The van der Waals surface area contributed by atoms with Crippen molar-refractivity contribution in [3.8, 4) is 5.75 Å². The molecule has 160 valence electrons. The van der Waals surface area contributed by atoms with Crippen LogP contribution >= 0.6 is 0 Å². The van der Waals surface area contributed by atoms with Gasteiger partial charge < -0.3 is 15.2 Å². The highest BCUT2D eigenvalue weighted by Crippen LogP contribution is 2.32. The van der Waals surface area contributed by atoms with Gasteiger partial charge in [-0.15, -0.1) is 0 Å². The Balaban J connectivity index is 2.04. The number of rotatable bonds is 6. The second kappa shape index (κ2) is 8.86. The van der Waals surface area contributed by atoms with Gasteiger partial charge in [-0.25, -0.2) is 22.4 Å². The molecule has 31 heavy (non-hydrogen) atoms. The van der Waals surface area contributed by atoms with Crippen LogP contribution in [0.1, 0.15) is 17.3 Å².